The normalized spacial score (nSPS) is 11.9. The number of carbonyl (C=O) groups excluding carboxylic acids is 3. The highest BCUT2D eigenvalue weighted by Crippen LogP contribution is 2.17. The van der Waals surface area contributed by atoms with E-state index in [9.17, 15) is 14.4 Å². The van der Waals surface area contributed by atoms with Crippen LogP contribution in [0.5, 0.6) is 0 Å². The fourth-order valence-electron chi connectivity index (χ4n) is 8.04. The van der Waals surface area contributed by atoms with Crippen molar-refractivity contribution in [3.63, 3.8) is 0 Å². The molecule has 0 saturated heterocycles. The Bertz CT molecular complexity index is 887. The fraction of sp³-hybridized carbons (Fsp3) is 0.943. The van der Waals surface area contributed by atoms with Crippen molar-refractivity contribution in [1.29, 1.82) is 0 Å². The van der Waals surface area contributed by atoms with E-state index in [0.29, 0.717) is 19.3 Å². The summed E-state index contributed by atoms with van der Waals surface area (Å²) >= 11 is 0. The van der Waals surface area contributed by atoms with Gasteiger partial charge in [0.25, 0.3) is 0 Å². The molecule has 0 aromatic rings. The number of unbranched alkanes of at least 4 members (excludes halogenated alkanes) is 35. The largest absolute Gasteiger partial charge is 0.462 e. The Balaban J connectivity index is 4.21. The van der Waals surface area contributed by atoms with E-state index >= 15 is 0 Å². The van der Waals surface area contributed by atoms with Gasteiger partial charge in [-0.05, 0) is 25.2 Å². The zero-order valence-electron chi connectivity index (χ0n) is 40.2. The Labute approximate surface area is 368 Å². The van der Waals surface area contributed by atoms with E-state index in [1.165, 1.54) is 193 Å². The second-order valence-corrected chi connectivity index (χ2v) is 18.6. The minimum atomic E-state index is -0.759. The zero-order chi connectivity index (χ0) is 43.1. The molecular formula is C53H102O6. The van der Waals surface area contributed by atoms with Gasteiger partial charge in [0, 0.05) is 19.3 Å². The van der Waals surface area contributed by atoms with Gasteiger partial charge in [-0.15, -0.1) is 0 Å². The van der Waals surface area contributed by atoms with Gasteiger partial charge in [0.15, 0.2) is 6.10 Å². The third-order valence-electron chi connectivity index (χ3n) is 12.0. The Morgan fingerprint density at radius 1 is 0.322 bits per heavy atom. The van der Waals surface area contributed by atoms with Gasteiger partial charge in [-0.3, -0.25) is 14.4 Å². The van der Waals surface area contributed by atoms with Gasteiger partial charge in [-0.1, -0.05) is 259 Å². The molecule has 6 heteroatoms. The lowest BCUT2D eigenvalue weighted by atomic mass is 10.0. The number of rotatable bonds is 48. The van der Waals surface area contributed by atoms with Crippen LogP contribution in [0, 0.1) is 5.92 Å². The minimum Gasteiger partial charge on any atom is -0.462 e. The van der Waals surface area contributed by atoms with Crippen molar-refractivity contribution >= 4 is 17.9 Å². The summed E-state index contributed by atoms with van der Waals surface area (Å²) in [6.45, 7) is 9.03. The van der Waals surface area contributed by atoms with Crippen LogP contribution in [0.3, 0.4) is 0 Å². The highest BCUT2D eigenvalue weighted by atomic mass is 16.6. The smallest absolute Gasteiger partial charge is 0.306 e. The molecule has 0 rings (SSSR count). The molecule has 0 aliphatic rings. The highest BCUT2D eigenvalue weighted by Gasteiger charge is 2.19. The number of esters is 3. The summed E-state index contributed by atoms with van der Waals surface area (Å²) in [6, 6.07) is 0. The minimum absolute atomic E-state index is 0.0626. The van der Waals surface area contributed by atoms with E-state index in [1.807, 2.05) is 0 Å². The third-order valence-corrected chi connectivity index (χ3v) is 12.0. The molecule has 0 bridgehead atoms. The summed E-state index contributed by atoms with van der Waals surface area (Å²) < 4.78 is 16.8. The first-order valence-corrected chi connectivity index (χ1v) is 26.4. The SMILES string of the molecule is CCCCCCCCCCCCCCC(=O)OC[C@H](COC(=O)CCCCCCCCCCCCCCCCCCC(C)C)OC(=O)CCCCCCCCCCCC. The van der Waals surface area contributed by atoms with Crippen LogP contribution in [0.4, 0.5) is 0 Å². The van der Waals surface area contributed by atoms with E-state index in [-0.39, 0.29) is 31.1 Å². The molecule has 0 fully saturated rings. The van der Waals surface area contributed by atoms with Gasteiger partial charge >= 0.3 is 17.9 Å². The van der Waals surface area contributed by atoms with E-state index in [0.717, 1.165) is 63.7 Å². The van der Waals surface area contributed by atoms with Crippen molar-refractivity contribution in [2.75, 3.05) is 13.2 Å². The topological polar surface area (TPSA) is 78.9 Å². The van der Waals surface area contributed by atoms with Crippen LogP contribution in [-0.2, 0) is 28.6 Å². The van der Waals surface area contributed by atoms with Gasteiger partial charge in [0.1, 0.15) is 13.2 Å². The highest BCUT2D eigenvalue weighted by molar-refractivity contribution is 5.71. The van der Waals surface area contributed by atoms with E-state index in [1.54, 1.807) is 0 Å². The monoisotopic (exact) mass is 835 g/mol. The summed E-state index contributed by atoms with van der Waals surface area (Å²) in [7, 11) is 0. The maximum absolute atomic E-state index is 12.7. The second-order valence-electron chi connectivity index (χ2n) is 18.6. The first-order chi connectivity index (χ1) is 28.9. The Morgan fingerprint density at radius 3 is 0.831 bits per heavy atom. The van der Waals surface area contributed by atoms with E-state index < -0.39 is 6.10 Å². The predicted octanol–water partition coefficient (Wildman–Crippen LogP) is 17.1. The van der Waals surface area contributed by atoms with Crippen LogP contribution in [-0.4, -0.2) is 37.2 Å². The molecule has 0 saturated carbocycles. The molecule has 0 aliphatic heterocycles. The number of carbonyl (C=O) groups is 3. The van der Waals surface area contributed by atoms with Crippen molar-refractivity contribution in [3.05, 3.63) is 0 Å². The van der Waals surface area contributed by atoms with Crippen molar-refractivity contribution < 1.29 is 28.6 Å². The zero-order valence-corrected chi connectivity index (χ0v) is 40.2. The van der Waals surface area contributed by atoms with Crippen LogP contribution in [0.25, 0.3) is 0 Å². The average Bonchev–Trinajstić information content (AvgIpc) is 3.22. The maximum Gasteiger partial charge on any atom is 0.306 e. The fourth-order valence-corrected chi connectivity index (χ4v) is 8.04. The molecule has 0 spiro atoms. The lowest BCUT2D eigenvalue weighted by molar-refractivity contribution is -0.167. The van der Waals surface area contributed by atoms with Crippen LogP contribution < -0.4 is 0 Å². The molecule has 0 aromatic heterocycles. The van der Waals surface area contributed by atoms with Gasteiger partial charge < -0.3 is 14.2 Å². The Kier molecular flexibility index (Phi) is 46.2. The van der Waals surface area contributed by atoms with Crippen molar-refractivity contribution in [2.24, 2.45) is 5.92 Å². The number of hydrogen-bond donors (Lipinski definition) is 0. The molecule has 0 heterocycles. The molecule has 0 aromatic carbocycles. The summed E-state index contributed by atoms with van der Waals surface area (Å²) in [5.41, 5.74) is 0. The standard InChI is InChI=1S/C53H102O6/c1-5-7-9-11-13-15-17-25-29-32-36-40-44-51(54)57-47-50(59-53(56)46-42-38-34-28-16-14-12-10-8-6-2)48-58-52(55)45-41-37-33-30-26-23-21-19-18-20-22-24-27-31-35-39-43-49(3)4/h49-50H,5-48H2,1-4H3/t50-/m1/s1. The van der Waals surface area contributed by atoms with Gasteiger partial charge in [0.05, 0.1) is 0 Å². The van der Waals surface area contributed by atoms with E-state index in [4.69, 9.17) is 14.2 Å². The lowest BCUT2D eigenvalue weighted by Gasteiger charge is -2.18. The van der Waals surface area contributed by atoms with Gasteiger partial charge in [-0.25, -0.2) is 0 Å². The van der Waals surface area contributed by atoms with Crippen molar-refractivity contribution in [2.45, 2.75) is 303 Å². The third kappa shape index (κ3) is 47.3. The lowest BCUT2D eigenvalue weighted by Crippen LogP contribution is -2.30. The van der Waals surface area contributed by atoms with Crippen molar-refractivity contribution in [1.82, 2.24) is 0 Å². The molecule has 59 heavy (non-hydrogen) atoms. The summed E-state index contributed by atoms with van der Waals surface area (Å²) in [4.78, 5) is 37.9. The van der Waals surface area contributed by atoms with Crippen LogP contribution >= 0.6 is 0 Å². The molecule has 1 atom stereocenters. The Morgan fingerprint density at radius 2 is 0.559 bits per heavy atom. The number of ether oxygens (including phenoxy) is 3. The van der Waals surface area contributed by atoms with Crippen LogP contribution in [0.2, 0.25) is 0 Å². The molecule has 0 amide bonds. The quantitative estimate of drug-likeness (QED) is 0.0345. The number of hydrogen-bond acceptors (Lipinski definition) is 6. The summed E-state index contributed by atoms with van der Waals surface area (Å²) in [6.07, 6.45) is 49.5. The van der Waals surface area contributed by atoms with Gasteiger partial charge in [-0.2, -0.15) is 0 Å². The molecule has 0 N–H and O–H groups in total. The van der Waals surface area contributed by atoms with Crippen LogP contribution in [0.15, 0.2) is 0 Å². The molecule has 6 nitrogen and oxygen atoms in total. The predicted molar refractivity (Wildman–Crippen MR) is 252 cm³/mol. The summed E-state index contributed by atoms with van der Waals surface area (Å²) in [5, 5.41) is 0. The second kappa shape index (κ2) is 47.5. The average molecular weight is 835 g/mol. The molecule has 0 radical (unpaired) electrons. The van der Waals surface area contributed by atoms with Crippen molar-refractivity contribution in [3.8, 4) is 0 Å². The molecular weight excluding hydrogens is 733 g/mol. The van der Waals surface area contributed by atoms with E-state index in [2.05, 4.69) is 27.7 Å². The Hall–Kier alpha value is -1.59. The first kappa shape index (κ1) is 57.4. The molecule has 0 unspecified atom stereocenters. The molecule has 0 aliphatic carbocycles. The first-order valence-electron chi connectivity index (χ1n) is 26.4. The van der Waals surface area contributed by atoms with Gasteiger partial charge in [0.2, 0.25) is 0 Å². The van der Waals surface area contributed by atoms with Crippen LogP contribution in [0.1, 0.15) is 297 Å². The maximum atomic E-state index is 12.7. The summed E-state index contributed by atoms with van der Waals surface area (Å²) in [5.74, 6) is 0.00830. The molecule has 350 valence electrons.